The summed E-state index contributed by atoms with van der Waals surface area (Å²) >= 11 is 0. The lowest BCUT2D eigenvalue weighted by Gasteiger charge is -1.84. The molecular formula is C8H7ClFN. The highest BCUT2D eigenvalue weighted by Gasteiger charge is 1.98. The summed E-state index contributed by atoms with van der Waals surface area (Å²) in [5.74, 6) is -0.185. The number of para-hydroxylation sites is 1. The highest BCUT2D eigenvalue weighted by molar-refractivity contribution is 5.85. The molecule has 1 aromatic carbocycles. The second-order valence-electron chi connectivity index (χ2n) is 2.18. The molecule has 11 heavy (non-hydrogen) atoms. The summed E-state index contributed by atoms with van der Waals surface area (Å²) in [6, 6.07) is 7.29. The number of halogens is 2. The summed E-state index contributed by atoms with van der Waals surface area (Å²) in [6.07, 6.45) is 1.37. The maximum Gasteiger partial charge on any atom is 0.148 e. The molecule has 0 aliphatic rings. The van der Waals surface area contributed by atoms with Crippen LogP contribution in [0, 0.1) is 5.82 Å². The fourth-order valence-electron chi connectivity index (χ4n) is 1.04. The lowest BCUT2D eigenvalue weighted by molar-refractivity contribution is 0.639. The van der Waals surface area contributed by atoms with Crippen LogP contribution < -0.4 is 0 Å². The van der Waals surface area contributed by atoms with E-state index in [1.807, 2.05) is 18.2 Å². The third kappa shape index (κ3) is 1.21. The van der Waals surface area contributed by atoms with Crippen molar-refractivity contribution in [2.45, 2.75) is 0 Å². The zero-order valence-corrected chi connectivity index (χ0v) is 6.49. The van der Waals surface area contributed by atoms with Crippen LogP contribution in [0.25, 0.3) is 10.9 Å². The molecular weight excluding hydrogens is 165 g/mol. The lowest BCUT2D eigenvalue weighted by atomic mass is 10.2. The van der Waals surface area contributed by atoms with E-state index < -0.39 is 0 Å². The van der Waals surface area contributed by atoms with Crippen LogP contribution in [0.4, 0.5) is 4.39 Å². The van der Waals surface area contributed by atoms with E-state index in [1.165, 1.54) is 6.20 Å². The third-order valence-electron chi connectivity index (χ3n) is 1.54. The maximum atomic E-state index is 12.7. The number of aromatic amines is 1. The Bertz CT molecular complexity index is 356. The molecule has 1 nitrogen and oxygen atoms in total. The van der Waals surface area contributed by atoms with E-state index in [-0.39, 0.29) is 18.2 Å². The van der Waals surface area contributed by atoms with E-state index >= 15 is 0 Å². The van der Waals surface area contributed by atoms with Gasteiger partial charge >= 0.3 is 0 Å². The fraction of sp³-hybridized carbons (Fsp3) is 0. The standard InChI is InChI=1S/C8H6FN.ClH/c9-7-5-10-8-4-2-1-3-6(7)8;/h1-5,10H;1H. The molecule has 3 heteroatoms. The maximum absolute atomic E-state index is 12.7. The molecule has 0 spiro atoms. The number of hydrogen-bond donors (Lipinski definition) is 1. The molecule has 2 aromatic rings. The zero-order chi connectivity index (χ0) is 6.97. The summed E-state index contributed by atoms with van der Waals surface area (Å²) in [5.41, 5.74) is 0.847. The van der Waals surface area contributed by atoms with E-state index in [9.17, 15) is 4.39 Å². The lowest BCUT2D eigenvalue weighted by Crippen LogP contribution is -1.65. The van der Waals surface area contributed by atoms with Crippen LogP contribution in [0.3, 0.4) is 0 Å². The topological polar surface area (TPSA) is 15.8 Å². The molecule has 0 aliphatic carbocycles. The van der Waals surface area contributed by atoms with Crippen LogP contribution in [-0.2, 0) is 0 Å². The van der Waals surface area contributed by atoms with Crippen LogP contribution in [0.5, 0.6) is 0 Å². The van der Waals surface area contributed by atoms with E-state index in [2.05, 4.69) is 4.98 Å². The first-order chi connectivity index (χ1) is 4.88. The Hall–Kier alpha value is -1.02. The Labute approximate surface area is 69.6 Å². The molecule has 1 N–H and O–H groups in total. The van der Waals surface area contributed by atoms with Crippen LogP contribution in [0.1, 0.15) is 0 Å². The van der Waals surface area contributed by atoms with Gasteiger partial charge < -0.3 is 4.98 Å². The summed E-state index contributed by atoms with van der Waals surface area (Å²) in [6.45, 7) is 0. The first-order valence-electron chi connectivity index (χ1n) is 3.09. The number of benzene rings is 1. The summed E-state index contributed by atoms with van der Waals surface area (Å²) in [7, 11) is 0. The quantitative estimate of drug-likeness (QED) is 0.628. The summed E-state index contributed by atoms with van der Waals surface area (Å²) in [4.78, 5) is 2.81. The van der Waals surface area contributed by atoms with Gasteiger partial charge in [-0.1, -0.05) is 12.1 Å². The number of aromatic nitrogens is 1. The average Bonchev–Trinajstić information content (AvgIpc) is 2.34. The third-order valence-corrected chi connectivity index (χ3v) is 1.54. The van der Waals surface area contributed by atoms with Gasteiger partial charge in [-0.05, 0) is 12.1 Å². The number of nitrogens with one attached hydrogen (secondary N) is 1. The minimum absolute atomic E-state index is 0. The van der Waals surface area contributed by atoms with Crippen LogP contribution >= 0.6 is 12.4 Å². The van der Waals surface area contributed by atoms with Crippen molar-refractivity contribution in [3.8, 4) is 0 Å². The molecule has 0 unspecified atom stereocenters. The van der Waals surface area contributed by atoms with Gasteiger partial charge in [0.2, 0.25) is 0 Å². The Morgan fingerprint density at radius 1 is 1.18 bits per heavy atom. The minimum Gasteiger partial charge on any atom is -0.359 e. The fourth-order valence-corrected chi connectivity index (χ4v) is 1.04. The van der Waals surface area contributed by atoms with Crippen LogP contribution in [0.15, 0.2) is 30.5 Å². The van der Waals surface area contributed by atoms with E-state index in [0.29, 0.717) is 5.39 Å². The normalized spacial score (nSPS) is 9.55. The van der Waals surface area contributed by atoms with Gasteiger partial charge in [0.1, 0.15) is 5.82 Å². The molecule has 0 atom stereocenters. The molecule has 1 heterocycles. The number of rotatable bonds is 0. The van der Waals surface area contributed by atoms with Crippen LogP contribution in [-0.4, -0.2) is 4.98 Å². The summed E-state index contributed by atoms with van der Waals surface area (Å²) < 4.78 is 12.7. The molecule has 0 fully saturated rings. The van der Waals surface area contributed by atoms with E-state index in [1.54, 1.807) is 6.07 Å². The van der Waals surface area contributed by atoms with Crippen molar-refractivity contribution in [2.75, 3.05) is 0 Å². The predicted molar refractivity (Wildman–Crippen MR) is 45.5 cm³/mol. The van der Waals surface area contributed by atoms with Gasteiger partial charge in [0.05, 0.1) is 0 Å². The predicted octanol–water partition coefficient (Wildman–Crippen LogP) is 2.73. The van der Waals surface area contributed by atoms with Crippen molar-refractivity contribution < 1.29 is 4.39 Å². The van der Waals surface area contributed by atoms with Gasteiger partial charge in [0.25, 0.3) is 0 Å². The van der Waals surface area contributed by atoms with Gasteiger partial charge in [0, 0.05) is 17.1 Å². The van der Waals surface area contributed by atoms with Gasteiger partial charge in [-0.15, -0.1) is 12.4 Å². The molecule has 0 bridgehead atoms. The molecule has 0 amide bonds. The van der Waals surface area contributed by atoms with Crippen molar-refractivity contribution in [1.82, 2.24) is 4.98 Å². The Kier molecular flexibility index (Phi) is 2.15. The van der Waals surface area contributed by atoms with Gasteiger partial charge in [-0.3, -0.25) is 0 Å². The molecule has 0 saturated carbocycles. The van der Waals surface area contributed by atoms with Crippen LogP contribution in [0.2, 0.25) is 0 Å². The number of hydrogen-bond acceptors (Lipinski definition) is 0. The highest BCUT2D eigenvalue weighted by atomic mass is 35.5. The zero-order valence-electron chi connectivity index (χ0n) is 5.67. The molecule has 58 valence electrons. The van der Waals surface area contributed by atoms with Crippen molar-refractivity contribution >= 4 is 23.3 Å². The summed E-state index contributed by atoms with van der Waals surface area (Å²) in [5, 5.41) is 0.655. The SMILES string of the molecule is Cl.Fc1c[nH]c2ccccc12. The van der Waals surface area contributed by atoms with Crippen molar-refractivity contribution in [2.24, 2.45) is 0 Å². The second kappa shape index (κ2) is 2.93. The number of fused-ring (bicyclic) bond motifs is 1. The average molecular weight is 172 g/mol. The first-order valence-corrected chi connectivity index (χ1v) is 3.09. The largest absolute Gasteiger partial charge is 0.359 e. The Morgan fingerprint density at radius 2 is 1.91 bits per heavy atom. The minimum atomic E-state index is -0.185. The van der Waals surface area contributed by atoms with Gasteiger partial charge in [-0.25, -0.2) is 4.39 Å². The van der Waals surface area contributed by atoms with Crippen molar-refractivity contribution in [3.63, 3.8) is 0 Å². The van der Waals surface area contributed by atoms with Crippen molar-refractivity contribution in [3.05, 3.63) is 36.3 Å². The monoisotopic (exact) mass is 171 g/mol. The molecule has 0 saturated heterocycles. The second-order valence-corrected chi connectivity index (χ2v) is 2.18. The smallest absolute Gasteiger partial charge is 0.148 e. The first kappa shape index (κ1) is 8.08. The van der Waals surface area contributed by atoms with E-state index in [4.69, 9.17) is 0 Å². The van der Waals surface area contributed by atoms with Crippen molar-refractivity contribution in [1.29, 1.82) is 0 Å². The Morgan fingerprint density at radius 3 is 2.64 bits per heavy atom. The van der Waals surface area contributed by atoms with Gasteiger partial charge in [0.15, 0.2) is 0 Å². The molecule has 0 radical (unpaired) electrons. The molecule has 2 rings (SSSR count). The molecule has 0 aliphatic heterocycles. The molecule has 1 aromatic heterocycles. The highest BCUT2D eigenvalue weighted by Crippen LogP contribution is 2.14. The van der Waals surface area contributed by atoms with E-state index in [0.717, 1.165) is 5.52 Å². The Balaban J connectivity index is 0.000000605. The number of H-pyrrole nitrogens is 1. The van der Waals surface area contributed by atoms with Gasteiger partial charge in [-0.2, -0.15) is 0 Å².